The monoisotopic (exact) mass is 158 g/mol. The van der Waals surface area contributed by atoms with Gasteiger partial charge in [0.2, 0.25) is 0 Å². The Morgan fingerprint density at radius 1 is 1.33 bits per heavy atom. The van der Waals surface area contributed by atoms with Crippen LogP contribution in [-0.2, 0) is 0 Å². The first kappa shape index (κ1) is 8.80. The first-order chi connectivity index (χ1) is 5.88. The van der Waals surface area contributed by atoms with Gasteiger partial charge in [0.15, 0.2) is 0 Å². The molecule has 0 spiro atoms. The van der Waals surface area contributed by atoms with Crippen LogP contribution in [0.5, 0.6) is 0 Å². The lowest BCUT2D eigenvalue weighted by Crippen LogP contribution is -1.96. The van der Waals surface area contributed by atoms with Crippen molar-refractivity contribution in [3.05, 3.63) is 41.8 Å². The van der Waals surface area contributed by atoms with Crippen LogP contribution in [0.15, 0.2) is 30.3 Å². The number of rotatable bonds is 3. The van der Waals surface area contributed by atoms with Gasteiger partial charge in [-0.05, 0) is 12.0 Å². The zero-order valence-corrected chi connectivity index (χ0v) is 7.25. The zero-order chi connectivity index (χ0) is 8.81. The van der Waals surface area contributed by atoms with Crippen molar-refractivity contribution in [2.24, 2.45) is 0 Å². The molecule has 0 fully saturated rings. The molecule has 0 N–H and O–H groups in total. The predicted octanol–water partition coefficient (Wildman–Crippen LogP) is 2.93. The Morgan fingerprint density at radius 2 is 2.00 bits per heavy atom. The van der Waals surface area contributed by atoms with Crippen LogP contribution < -0.4 is 0 Å². The Bertz CT molecular complexity index is 258. The molecule has 0 bridgehead atoms. The van der Waals surface area contributed by atoms with E-state index in [-0.39, 0.29) is 0 Å². The zero-order valence-electron chi connectivity index (χ0n) is 7.25. The second-order valence-electron chi connectivity index (χ2n) is 2.66. The van der Waals surface area contributed by atoms with Gasteiger partial charge in [0.05, 0.1) is 6.07 Å². The Balaban J connectivity index is 2.75. The van der Waals surface area contributed by atoms with Crippen molar-refractivity contribution in [3.63, 3.8) is 0 Å². The summed E-state index contributed by atoms with van der Waals surface area (Å²) in [5.74, 6) is 1.22. The van der Waals surface area contributed by atoms with Gasteiger partial charge in [-0.3, -0.25) is 0 Å². The van der Waals surface area contributed by atoms with E-state index in [2.05, 4.69) is 25.1 Å². The molecule has 1 aromatic carbocycles. The maximum absolute atomic E-state index is 8.56. The van der Waals surface area contributed by atoms with Gasteiger partial charge in [-0.2, -0.15) is 5.26 Å². The quantitative estimate of drug-likeness (QED) is 0.663. The maximum atomic E-state index is 8.56. The Kier molecular flexibility index (Phi) is 3.35. The normalized spacial score (nSPS) is 9.75. The number of benzene rings is 1. The molecule has 1 aromatic rings. The third-order valence-electron chi connectivity index (χ3n) is 1.90. The van der Waals surface area contributed by atoms with E-state index >= 15 is 0 Å². The van der Waals surface area contributed by atoms with Crippen molar-refractivity contribution in [1.29, 1.82) is 5.26 Å². The minimum Gasteiger partial charge on any atom is -0.198 e. The molecule has 61 valence electrons. The molecule has 0 saturated carbocycles. The fourth-order valence-corrected chi connectivity index (χ4v) is 1.20. The summed E-state index contributed by atoms with van der Waals surface area (Å²) in [6.45, 7) is 2.08. The molecule has 0 amide bonds. The fraction of sp³-hybridized carbons (Fsp3) is 0.273. The highest BCUT2D eigenvalue weighted by Crippen LogP contribution is 2.20. The molecule has 0 aliphatic heterocycles. The molecule has 0 aliphatic rings. The van der Waals surface area contributed by atoms with E-state index in [1.807, 2.05) is 18.2 Å². The van der Waals surface area contributed by atoms with Gasteiger partial charge < -0.3 is 0 Å². The summed E-state index contributed by atoms with van der Waals surface area (Å²) in [5, 5.41) is 8.56. The van der Waals surface area contributed by atoms with Crippen LogP contribution in [0.1, 0.15) is 25.3 Å². The number of hydrogen-bond donors (Lipinski definition) is 0. The minimum atomic E-state index is 0.542. The lowest BCUT2D eigenvalue weighted by atomic mass is 9.94. The van der Waals surface area contributed by atoms with Crippen LogP contribution >= 0.6 is 0 Å². The van der Waals surface area contributed by atoms with Crippen LogP contribution in [-0.4, -0.2) is 0 Å². The van der Waals surface area contributed by atoms with Crippen LogP contribution in [0.2, 0.25) is 0 Å². The van der Waals surface area contributed by atoms with Gasteiger partial charge in [0, 0.05) is 12.3 Å². The van der Waals surface area contributed by atoms with Gasteiger partial charge in [0.25, 0.3) is 0 Å². The number of nitrogens with zero attached hydrogens (tertiary/aromatic N) is 1. The van der Waals surface area contributed by atoms with Crippen LogP contribution in [0.25, 0.3) is 0 Å². The van der Waals surface area contributed by atoms with Crippen LogP contribution in [0, 0.1) is 17.2 Å². The molecule has 1 rings (SSSR count). The first-order valence-electron chi connectivity index (χ1n) is 4.15. The van der Waals surface area contributed by atoms with E-state index in [4.69, 9.17) is 5.26 Å². The molecule has 0 aliphatic carbocycles. The first-order valence-corrected chi connectivity index (χ1v) is 4.15. The van der Waals surface area contributed by atoms with Gasteiger partial charge in [-0.1, -0.05) is 37.3 Å². The highest BCUT2D eigenvalue weighted by atomic mass is 14.2. The Labute approximate surface area is 73.6 Å². The second kappa shape index (κ2) is 4.56. The molecule has 1 radical (unpaired) electrons. The molecular formula is C11H12N. The number of nitriles is 1. The smallest absolute Gasteiger partial charge is 0.0631 e. The molecule has 0 saturated heterocycles. The average Bonchev–Trinajstić information content (AvgIpc) is 2.15. The van der Waals surface area contributed by atoms with E-state index in [1.54, 1.807) is 0 Å². The molecule has 0 aromatic heterocycles. The van der Waals surface area contributed by atoms with E-state index in [0.717, 1.165) is 6.42 Å². The SMILES string of the molecule is CC[C](CC#N)c1ccccc1. The number of hydrogen-bond acceptors (Lipinski definition) is 1. The van der Waals surface area contributed by atoms with Crippen molar-refractivity contribution in [2.75, 3.05) is 0 Å². The summed E-state index contributed by atoms with van der Waals surface area (Å²) >= 11 is 0. The average molecular weight is 158 g/mol. The van der Waals surface area contributed by atoms with Crippen molar-refractivity contribution < 1.29 is 0 Å². The summed E-state index contributed by atoms with van der Waals surface area (Å²) in [7, 11) is 0. The lowest BCUT2D eigenvalue weighted by Gasteiger charge is -2.09. The largest absolute Gasteiger partial charge is 0.198 e. The lowest BCUT2D eigenvalue weighted by molar-refractivity contribution is 0.899. The Hall–Kier alpha value is -1.29. The van der Waals surface area contributed by atoms with Crippen molar-refractivity contribution in [2.45, 2.75) is 19.8 Å². The molecular weight excluding hydrogens is 146 g/mol. The van der Waals surface area contributed by atoms with Gasteiger partial charge in [-0.25, -0.2) is 0 Å². The van der Waals surface area contributed by atoms with E-state index < -0.39 is 0 Å². The minimum absolute atomic E-state index is 0.542. The highest BCUT2D eigenvalue weighted by molar-refractivity contribution is 5.31. The molecule has 0 atom stereocenters. The molecule has 0 heterocycles. The molecule has 1 nitrogen and oxygen atoms in total. The van der Waals surface area contributed by atoms with Crippen molar-refractivity contribution in [1.82, 2.24) is 0 Å². The van der Waals surface area contributed by atoms with Gasteiger partial charge >= 0.3 is 0 Å². The van der Waals surface area contributed by atoms with Crippen LogP contribution in [0.4, 0.5) is 0 Å². The third-order valence-corrected chi connectivity index (χ3v) is 1.90. The third kappa shape index (κ3) is 2.10. The maximum Gasteiger partial charge on any atom is 0.0631 e. The summed E-state index contributed by atoms with van der Waals surface area (Å²) < 4.78 is 0. The fourth-order valence-electron chi connectivity index (χ4n) is 1.20. The summed E-state index contributed by atoms with van der Waals surface area (Å²) in [5.41, 5.74) is 1.20. The highest BCUT2D eigenvalue weighted by Gasteiger charge is 2.07. The van der Waals surface area contributed by atoms with E-state index in [9.17, 15) is 0 Å². The Morgan fingerprint density at radius 3 is 2.50 bits per heavy atom. The van der Waals surface area contributed by atoms with Crippen molar-refractivity contribution in [3.8, 4) is 6.07 Å². The summed E-state index contributed by atoms with van der Waals surface area (Å²) in [6, 6.07) is 12.3. The van der Waals surface area contributed by atoms with Gasteiger partial charge in [0.1, 0.15) is 0 Å². The summed E-state index contributed by atoms with van der Waals surface area (Å²) in [4.78, 5) is 0. The molecule has 0 unspecified atom stereocenters. The topological polar surface area (TPSA) is 23.8 Å². The van der Waals surface area contributed by atoms with Crippen molar-refractivity contribution >= 4 is 0 Å². The second-order valence-corrected chi connectivity index (χ2v) is 2.66. The standard InChI is InChI=1S/C11H12N/c1-2-10(8-9-12)11-6-4-3-5-7-11/h3-7H,2,8H2,1H3. The predicted molar refractivity (Wildman–Crippen MR) is 49.3 cm³/mol. The molecule has 1 heteroatoms. The summed E-state index contributed by atoms with van der Waals surface area (Å²) in [6.07, 6.45) is 1.50. The van der Waals surface area contributed by atoms with Crippen LogP contribution in [0.3, 0.4) is 0 Å². The van der Waals surface area contributed by atoms with E-state index in [0.29, 0.717) is 6.42 Å². The van der Waals surface area contributed by atoms with E-state index in [1.165, 1.54) is 11.5 Å². The van der Waals surface area contributed by atoms with Gasteiger partial charge in [-0.15, -0.1) is 0 Å². The molecule has 12 heavy (non-hydrogen) atoms.